The molecular formula is C27H30N2O5S. The fraction of sp³-hybridized carbons (Fsp3) is 0.259. The number of hydrogen-bond acceptors (Lipinski definition) is 5. The molecule has 0 aliphatic carbocycles. The number of hydrogen-bond donors (Lipinski definition) is 1. The van der Waals surface area contributed by atoms with E-state index in [1.807, 2.05) is 24.3 Å². The van der Waals surface area contributed by atoms with Gasteiger partial charge in [-0.1, -0.05) is 56.3 Å². The summed E-state index contributed by atoms with van der Waals surface area (Å²) >= 11 is 0. The van der Waals surface area contributed by atoms with Crippen LogP contribution < -0.4 is 9.62 Å². The number of esters is 1. The van der Waals surface area contributed by atoms with Crippen molar-refractivity contribution in [1.29, 1.82) is 0 Å². The molecule has 0 fully saturated rings. The summed E-state index contributed by atoms with van der Waals surface area (Å²) in [5.74, 6) is -1.01. The van der Waals surface area contributed by atoms with Crippen molar-refractivity contribution in [1.82, 2.24) is 0 Å². The maximum atomic E-state index is 13.1. The van der Waals surface area contributed by atoms with E-state index in [0.29, 0.717) is 11.4 Å². The lowest BCUT2D eigenvalue weighted by molar-refractivity contribution is -0.123. The molecule has 0 saturated heterocycles. The van der Waals surface area contributed by atoms with E-state index in [4.69, 9.17) is 4.74 Å². The third-order valence-electron chi connectivity index (χ3n) is 5.86. The van der Waals surface area contributed by atoms with Crippen LogP contribution >= 0.6 is 0 Å². The molecule has 2 unspecified atom stereocenters. The predicted octanol–water partition coefficient (Wildman–Crippen LogP) is 5.21. The van der Waals surface area contributed by atoms with Gasteiger partial charge in [0.05, 0.1) is 16.1 Å². The van der Waals surface area contributed by atoms with Crippen molar-refractivity contribution in [3.05, 3.63) is 90.0 Å². The van der Waals surface area contributed by atoms with Crippen LogP contribution in [0, 0.1) is 0 Å². The Bertz CT molecular complexity index is 1290. The molecule has 184 valence electrons. The lowest BCUT2D eigenvalue weighted by Crippen LogP contribution is -2.30. The van der Waals surface area contributed by atoms with Crippen molar-refractivity contribution in [3.63, 3.8) is 0 Å². The van der Waals surface area contributed by atoms with Crippen LogP contribution in [-0.2, 0) is 19.6 Å². The second-order valence-electron chi connectivity index (χ2n) is 8.27. The third-order valence-corrected chi connectivity index (χ3v) is 7.64. The van der Waals surface area contributed by atoms with E-state index >= 15 is 0 Å². The van der Waals surface area contributed by atoms with Crippen LogP contribution in [0.3, 0.4) is 0 Å². The van der Waals surface area contributed by atoms with Gasteiger partial charge in [-0.2, -0.15) is 0 Å². The van der Waals surface area contributed by atoms with Crippen molar-refractivity contribution < 1.29 is 22.7 Å². The number of carbonyl (C=O) groups excluding carboxylic acids is 2. The second kappa shape index (κ2) is 11.2. The van der Waals surface area contributed by atoms with Crippen LogP contribution in [0.15, 0.2) is 83.8 Å². The van der Waals surface area contributed by atoms with Crippen LogP contribution in [0.2, 0.25) is 0 Å². The molecule has 0 aliphatic heterocycles. The van der Waals surface area contributed by atoms with E-state index in [2.05, 4.69) is 19.2 Å². The van der Waals surface area contributed by atoms with Crippen molar-refractivity contribution in [3.8, 4) is 0 Å². The lowest BCUT2D eigenvalue weighted by atomic mass is 9.97. The molecule has 35 heavy (non-hydrogen) atoms. The number of carbonyl (C=O) groups is 2. The Morgan fingerprint density at radius 2 is 1.60 bits per heavy atom. The number of nitrogens with zero attached hydrogens (tertiary/aromatic N) is 1. The van der Waals surface area contributed by atoms with Crippen LogP contribution in [0.1, 0.15) is 49.0 Å². The number of nitrogens with one attached hydrogen (secondary N) is 1. The summed E-state index contributed by atoms with van der Waals surface area (Å²) in [6.45, 7) is 5.62. The molecule has 0 radical (unpaired) electrons. The summed E-state index contributed by atoms with van der Waals surface area (Å²) in [5.41, 5.74) is 2.20. The van der Waals surface area contributed by atoms with Gasteiger partial charge in [0.25, 0.3) is 15.9 Å². The van der Waals surface area contributed by atoms with Crippen molar-refractivity contribution in [2.75, 3.05) is 16.7 Å². The van der Waals surface area contributed by atoms with E-state index in [1.165, 1.54) is 38.2 Å². The van der Waals surface area contributed by atoms with Crippen molar-refractivity contribution >= 4 is 33.3 Å². The first-order valence-corrected chi connectivity index (χ1v) is 12.8. The van der Waals surface area contributed by atoms with E-state index in [-0.39, 0.29) is 16.4 Å². The number of ether oxygens (including phenoxy) is 1. The summed E-state index contributed by atoms with van der Waals surface area (Å²) in [7, 11) is -2.46. The van der Waals surface area contributed by atoms with Crippen LogP contribution in [0.4, 0.5) is 11.4 Å². The predicted molar refractivity (Wildman–Crippen MR) is 137 cm³/mol. The first-order chi connectivity index (χ1) is 16.6. The Labute approximate surface area is 206 Å². The van der Waals surface area contributed by atoms with Gasteiger partial charge >= 0.3 is 5.97 Å². The Kier molecular flexibility index (Phi) is 8.30. The number of rotatable bonds is 9. The molecule has 1 N–H and O–H groups in total. The van der Waals surface area contributed by atoms with Gasteiger partial charge in [-0.3, -0.25) is 9.10 Å². The maximum absolute atomic E-state index is 13.1. The summed E-state index contributed by atoms with van der Waals surface area (Å²) in [5, 5.41) is 2.83. The zero-order valence-electron chi connectivity index (χ0n) is 20.3. The van der Waals surface area contributed by atoms with E-state index in [0.717, 1.165) is 16.3 Å². The maximum Gasteiger partial charge on any atom is 0.338 e. The highest BCUT2D eigenvalue weighted by Crippen LogP contribution is 2.27. The van der Waals surface area contributed by atoms with Gasteiger partial charge in [0.15, 0.2) is 6.10 Å². The van der Waals surface area contributed by atoms with Gasteiger partial charge in [0.1, 0.15) is 0 Å². The molecule has 0 aliphatic rings. The number of benzene rings is 3. The van der Waals surface area contributed by atoms with Crippen LogP contribution in [0.25, 0.3) is 0 Å². The standard InChI is InChI=1S/C27H30N2O5S/c1-5-19(2)24-16-9-10-17-25(24)28-26(30)20(3)34-27(31)21-12-11-15-23(18-21)35(32,33)29(4)22-13-7-6-8-14-22/h6-20H,5H2,1-4H3,(H,28,30). The Hall–Kier alpha value is -3.65. The fourth-order valence-electron chi connectivity index (χ4n) is 3.50. The quantitative estimate of drug-likeness (QED) is 0.412. The van der Waals surface area contributed by atoms with E-state index < -0.39 is 28.0 Å². The molecule has 3 rings (SSSR count). The van der Waals surface area contributed by atoms with Crippen molar-refractivity contribution in [2.45, 2.75) is 44.1 Å². The molecule has 8 heteroatoms. The minimum atomic E-state index is -3.90. The number of sulfonamides is 1. The molecule has 3 aromatic rings. The summed E-state index contributed by atoms with van der Waals surface area (Å²) in [6, 6.07) is 21.7. The number of amides is 1. The minimum Gasteiger partial charge on any atom is -0.449 e. The van der Waals surface area contributed by atoms with Crippen LogP contribution in [0.5, 0.6) is 0 Å². The average Bonchev–Trinajstić information content (AvgIpc) is 2.88. The van der Waals surface area contributed by atoms with Gasteiger partial charge in [0.2, 0.25) is 0 Å². The Balaban J connectivity index is 1.73. The van der Waals surface area contributed by atoms with Gasteiger partial charge in [-0.15, -0.1) is 0 Å². The molecule has 1 amide bonds. The second-order valence-corrected chi connectivity index (χ2v) is 10.2. The lowest BCUT2D eigenvalue weighted by Gasteiger charge is -2.20. The number of anilines is 2. The summed E-state index contributed by atoms with van der Waals surface area (Å²) < 4.78 is 32.6. The largest absolute Gasteiger partial charge is 0.449 e. The summed E-state index contributed by atoms with van der Waals surface area (Å²) in [4.78, 5) is 25.4. The first-order valence-electron chi connectivity index (χ1n) is 11.4. The molecular weight excluding hydrogens is 464 g/mol. The molecule has 0 saturated carbocycles. The molecule has 2 atom stereocenters. The SMILES string of the molecule is CCC(C)c1ccccc1NC(=O)C(C)OC(=O)c1cccc(S(=O)(=O)N(C)c2ccccc2)c1. The normalized spacial score (nSPS) is 12.9. The smallest absolute Gasteiger partial charge is 0.338 e. The zero-order chi connectivity index (χ0) is 25.6. The van der Waals surface area contributed by atoms with E-state index in [9.17, 15) is 18.0 Å². The minimum absolute atomic E-state index is 0.0344. The molecule has 3 aromatic carbocycles. The molecule has 7 nitrogen and oxygen atoms in total. The van der Waals surface area contributed by atoms with E-state index in [1.54, 1.807) is 30.3 Å². The molecule has 0 bridgehead atoms. The van der Waals surface area contributed by atoms with Gasteiger partial charge in [-0.05, 0) is 61.2 Å². The highest BCUT2D eigenvalue weighted by molar-refractivity contribution is 7.92. The third kappa shape index (κ3) is 6.08. The van der Waals surface area contributed by atoms with Gasteiger partial charge in [-0.25, -0.2) is 13.2 Å². The average molecular weight is 495 g/mol. The molecule has 0 aromatic heterocycles. The Morgan fingerprint density at radius 3 is 2.29 bits per heavy atom. The molecule has 0 spiro atoms. The van der Waals surface area contributed by atoms with Gasteiger partial charge in [0, 0.05) is 12.7 Å². The van der Waals surface area contributed by atoms with Crippen molar-refractivity contribution in [2.24, 2.45) is 0 Å². The highest BCUT2D eigenvalue weighted by Gasteiger charge is 2.24. The van der Waals surface area contributed by atoms with Crippen LogP contribution in [-0.4, -0.2) is 33.4 Å². The first kappa shape index (κ1) is 26.0. The Morgan fingerprint density at radius 1 is 0.943 bits per heavy atom. The zero-order valence-corrected chi connectivity index (χ0v) is 21.1. The monoisotopic (exact) mass is 494 g/mol. The highest BCUT2D eigenvalue weighted by atomic mass is 32.2. The number of para-hydroxylation sites is 2. The topological polar surface area (TPSA) is 92.8 Å². The molecule has 0 heterocycles. The van der Waals surface area contributed by atoms with Gasteiger partial charge < -0.3 is 10.1 Å². The fourth-order valence-corrected chi connectivity index (χ4v) is 4.74. The summed E-state index contributed by atoms with van der Waals surface area (Å²) in [6.07, 6.45) is -0.171.